The highest BCUT2D eigenvalue weighted by Gasteiger charge is 2.18. The predicted molar refractivity (Wildman–Crippen MR) is 99.4 cm³/mol. The summed E-state index contributed by atoms with van der Waals surface area (Å²) >= 11 is 1.59. The smallest absolute Gasteiger partial charge is 0.336 e. The summed E-state index contributed by atoms with van der Waals surface area (Å²) in [5.41, 5.74) is 4.97. The maximum Gasteiger partial charge on any atom is 0.336 e. The molecule has 0 fully saturated rings. The molecule has 0 saturated carbocycles. The second kappa shape index (κ2) is 8.50. The van der Waals surface area contributed by atoms with E-state index >= 15 is 0 Å². The number of hydrogen-bond acceptors (Lipinski definition) is 4. The normalized spacial score (nSPS) is 10.4. The van der Waals surface area contributed by atoms with Gasteiger partial charge < -0.3 is 9.32 Å². The SMILES string of the molecule is Cc1ccc(CN(Cc2ccco2)C(=O)NNC(=O)c2ccc(F)cc2)s1. The fraction of sp³-hybridized carbons (Fsp3) is 0.158. The number of aryl methyl sites for hydroxylation is 1. The first kappa shape index (κ1) is 18.7. The summed E-state index contributed by atoms with van der Waals surface area (Å²) < 4.78 is 18.3. The maximum atomic E-state index is 12.9. The van der Waals surface area contributed by atoms with E-state index in [2.05, 4.69) is 10.9 Å². The van der Waals surface area contributed by atoms with E-state index < -0.39 is 17.8 Å². The van der Waals surface area contributed by atoms with E-state index in [1.54, 1.807) is 23.5 Å². The summed E-state index contributed by atoms with van der Waals surface area (Å²) in [4.78, 5) is 28.3. The molecule has 0 atom stereocenters. The van der Waals surface area contributed by atoms with E-state index in [4.69, 9.17) is 4.42 Å². The molecule has 3 aromatic rings. The van der Waals surface area contributed by atoms with E-state index in [-0.39, 0.29) is 12.1 Å². The summed E-state index contributed by atoms with van der Waals surface area (Å²) in [6.07, 6.45) is 1.54. The number of rotatable bonds is 5. The Kier molecular flexibility index (Phi) is 5.87. The third kappa shape index (κ3) is 5.18. The highest BCUT2D eigenvalue weighted by molar-refractivity contribution is 7.11. The fourth-order valence-electron chi connectivity index (χ4n) is 2.41. The summed E-state index contributed by atoms with van der Waals surface area (Å²) in [7, 11) is 0. The van der Waals surface area contributed by atoms with Gasteiger partial charge in [0, 0.05) is 15.3 Å². The molecule has 3 rings (SSSR count). The van der Waals surface area contributed by atoms with Gasteiger partial charge in [0.1, 0.15) is 11.6 Å². The molecule has 6 nitrogen and oxygen atoms in total. The molecule has 0 aliphatic carbocycles. The lowest BCUT2D eigenvalue weighted by Gasteiger charge is -2.21. The largest absolute Gasteiger partial charge is 0.467 e. The lowest BCUT2D eigenvalue weighted by atomic mass is 10.2. The molecule has 0 unspecified atom stereocenters. The molecule has 0 aliphatic rings. The number of urea groups is 1. The molecule has 2 aromatic heterocycles. The zero-order valence-corrected chi connectivity index (χ0v) is 15.4. The number of hydrogen-bond donors (Lipinski definition) is 2. The van der Waals surface area contributed by atoms with E-state index in [1.807, 2.05) is 19.1 Å². The number of nitrogens with zero attached hydrogens (tertiary/aromatic N) is 1. The van der Waals surface area contributed by atoms with Crippen LogP contribution >= 0.6 is 11.3 Å². The molecule has 1 aromatic carbocycles. The number of halogens is 1. The van der Waals surface area contributed by atoms with Gasteiger partial charge in [-0.1, -0.05) is 0 Å². The third-order valence-corrected chi connectivity index (χ3v) is 4.73. The van der Waals surface area contributed by atoms with Gasteiger partial charge in [0.15, 0.2) is 0 Å². The number of furan rings is 1. The third-order valence-electron chi connectivity index (χ3n) is 3.75. The molecule has 0 aliphatic heterocycles. The van der Waals surface area contributed by atoms with E-state index in [0.29, 0.717) is 12.3 Å². The van der Waals surface area contributed by atoms with Crippen molar-refractivity contribution < 1.29 is 18.4 Å². The fourth-order valence-corrected chi connectivity index (χ4v) is 3.32. The molecule has 2 N–H and O–H groups in total. The molecule has 0 bridgehead atoms. The summed E-state index contributed by atoms with van der Waals surface area (Å²) in [6, 6.07) is 12.0. The molecule has 140 valence electrons. The Morgan fingerprint density at radius 3 is 2.48 bits per heavy atom. The monoisotopic (exact) mass is 387 g/mol. The minimum atomic E-state index is -0.534. The van der Waals surface area contributed by atoms with Crippen LogP contribution in [-0.4, -0.2) is 16.8 Å². The minimum absolute atomic E-state index is 0.239. The lowest BCUT2D eigenvalue weighted by Crippen LogP contribution is -2.48. The van der Waals surface area contributed by atoms with Gasteiger partial charge in [-0.3, -0.25) is 10.2 Å². The van der Waals surface area contributed by atoms with Crippen molar-refractivity contribution in [2.45, 2.75) is 20.0 Å². The van der Waals surface area contributed by atoms with Crippen molar-refractivity contribution in [3.8, 4) is 0 Å². The van der Waals surface area contributed by atoms with Crippen LogP contribution in [0.4, 0.5) is 9.18 Å². The first-order valence-corrected chi connectivity index (χ1v) is 9.01. The van der Waals surface area contributed by atoms with Crippen molar-refractivity contribution in [2.24, 2.45) is 0 Å². The molecule has 8 heteroatoms. The van der Waals surface area contributed by atoms with Crippen molar-refractivity contribution in [1.29, 1.82) is 0 Å². The van der Waals surface area contributed by atoms with E-state index in [1.165, 1.54) is 35.4 Å². The quantitative estimate of drug-likeness (QED) is 0.653. The second-order valence-electron chi connectivity index (χ2n) is 5.84. The average Bonchev–Trinajstić information content (AvgIpc) is 3.31. The van der Waals surface area contributed by atoms with Gasteiger partial charge in [0.2, 0.25) is 0 Å². The van der Waals surface area contributed by atoms with Gasteiger partial charge in [-0.15, -0.1) is 11.3 Å². The van der Waals surface area contributed by atoms with Crippen LogP contribution in [0.1, 0.15) is 25.9 Å². The Morgan fingerprint density at radius 1 is 1.07 bits per heavy atom. The first-order chi connectivity index (χ1) is 13.0. The van der Waals surface area contributed by atoms with Crippen molar-refractivity contribution in [3.05, 3.63) is 81.7 Å². The summed E-state index contributed by atoms with van der Waals surface area (Å²) in [6.45, 7) is 2.62. The minimum Gasteiger partial charge on any atom is -0.467 e. The molecule has 27 heavy (non-hydrogen) atoms. The number of hydrazine groups is 1. The molecular formula is C19H18FN3O3S. The van der Waals surface area contributed by atoms with Crippen molar-refractivity contribution in [1.82, 2.24) is 15.8 Å². The lowest BCUT2D eigenvalue weighted by molar-refractivity contribution is 0.0928. The zero-order chi connectivity index (χ0) is 19.2. The number of carbonyl (C=O) groups excluding carboxylic acids is 2. The summed E-state index contributed by atoms with van der Waals surface area (Å²) in [5, 5.41) is 0. The Labute approximate surface area is 159 Å². The molecule has 0 radical (unpaired) electrons. The average molecular weight is 387 g/mol. The topological polar surface area (TPSA) is 74.6 Å². The van der Waals surface area contributed by atoms with Crippen LogP contribution in [0.3, 0.4) is 0 Å². The van der Waals surface area contributed by atoms with Crippen molar-refractivity contribution in [2.75, 3.05) is 0 Å². The van der Waals surface area contributed by atoms with Crippen LogP contribution in [0.2, 0.25) is 0 Å². The second-order valence-corrected chi connectivity index (χ2v) is 7.21. The molecule has 2 heterocycles. The first-order valence-electron chi connectivity index (χ1n) is 8.20. The van der Waals surface area contributed by atoms with Gasteiger partial charge in [0.05, 0.1) is 19.4 Å². The zero-order valence-electron chi connectivity index (χ0n) is 14.6. The van der Waals surface area contributed by atoms with Gasteiger partial charge in [-0.2, -0.15) is 0 Å². The number of amides is 3. The van der Waals surface area contributed by atoms with E-state index in [9.17, 15) is 14.0 Å². The number of benzene rings is 1. The van der Waals surface area contributed by atoms with Crippen LogP contribution in [0.15, 0.2) is 59.2 Å². The molecule has 0 spiro atoms. The molecular weight excluding hydrogens is 369 g/mol. The highest BCUT2D eigenvalue weighted by Crippen LogP contribution is 2.18. The number of nitrogens with one attached hydrogen (secondary N) is 2. The standard InChI is InChI=1S/C19H18FN3O3S/c1-13-4-9-17(27-13)12-23(11-16-3-2-10-26-16)19(25)22-21-18(24)14-5-7-15(20)8-6-14/h2-10H,11-12H2,1H3,(H,21,24)(H,22,25). The predicted octanol–water partition coefficient (Wildman–Crippen LogP) is 3.85. The Bertz CT molecular complexity index is 907. The van der Waals surface area contributed by atoms with Crippen molar-refractivity contribution >= 4 is 23.3 Å². The van der Waals surface area contributed by atoms with Crippen LogP contribution in [0, 0.1) is 12.7 Å². The van der Waals surface area contributed by atoms with Crippen LogP contribution < -0.4 is 10.9 Å². The number of thiophene rings is 1. The van der Waals surface area contributed by atoms with Crippen LogP contribution in [0.25, 0.3) is 0 Å². The van der Waals surface area contributed by atoms with Crippen LogP contribution in [-0.2, 0) is 13.1 Å². The molecule has 0 saturated heterocycles. The van der Waals surface area contributed by atoms with Crippen molar-refractivity contribution in [3.63, 3.8) is 0 Å². The number of carbonyl (C=O) groups is 2. The Balaban J connectivity index is 1.64. The molecule has 3 amide bonds. The highest BCUT2D eigenvalue weighted by atomic mass is 32.1. The van der Waals surface area contributed by atoms with Gasteiger partial charge >= 0.3 is 6.03 Å². The Morgan fingerprint density at radius 2 is 1.85 bits per heavy atom. The van der Waals surface area contributed by atoms with Crippen LogP contribution in [0.5, 0.6) is 0 Å². The van der Waals surface area contributed by atoms with Gasteiger partial charge in [-0.25, -0.2) is 14.6 Å². The maximum absolute atomic E-state index is 12.9. The van der Waals surface area contributed by atoms with Gasteiger partial charge in [0.25, 0.3) is 5.91 Å². The Hall–Kier alpha value is -3.13. The van der Waals surface area contributed by atoms with Gasteiger partial charge in [-0.05, 0) is 55.5 Å². The summed E-state index contributed by atoms with van der Waals surface area (Å²) in [5.74, 6) is -0.344. The van der Waals surface area contributed by atoms with E-state index in [0.717, 1.165) is 9.75 Å².